The van der Waals surface area contributed by atoms with Crippen molar-refractivity contribution in [3.8, 4) is 5.75 Å². The van der Waals surface area contributed by atoms with Crippen LogP contribution in [0.3, 0.4) is 0 Å². The lowest BCUT2D eigenvalue weighted by atomic mass is 10.1. The zero-order valence-corrected chi connectivity index (χ0v) is 21.0. The van der Waals surface area contributed by atoms with Crippen LogP contribution in [0.15, 0.2) is 22.7 Å². The van der Waals surface area contributed by atoms with Crippen LogP contribution in [0, 0.1) is 5.92 Å². The third-order valence-corrected chi connectivity index (χ3v) is 5.61. The monoisotopic (exact) mass is 527 g/mol. The normalized spacial score (nSPS) is 15.8. The van der Waals surface area contributed by atoms with E-state index in [4.69, 9.17) is 21.7 Å². The Morgan fingerprint density at radius 1 is 1.34 bits per heavy atom. The second kappa shape index (κ2) is 12.7. The summed E-state index contributed by atoms with van der Waals surface area (Å²) in [4.78, 5) is 39.0. The lowest BCUT2D eigenvalue weighted by Crippen LogP contribution is -2.60. The first-order valence-electron chi connectivity index (χ1n) is 10.7. The predicted octanol–water partition coefficient (Wildman–Crippen LogP) is 3.03. The standard InChI is InChI=1S/C22H30BrN3O5S/c1-4-10-31-19(27)13-17-21(29)24-8-9-26(17)22(32)25-20(28)16-12-15(23)5-6-18(16)30-11-7-14(2)3/h5-6,12,14,17H,4,7-11,13H2,1-3H3,(H,24,29)(H,25,28,32). The van der Waals surface area contributed by atoms with Gasteiger partial charge in [0.05, 0.1) is 25.2 Å². The van der Waals surface area contributed by atoms with Crippen molar-refractivity contribution in [2.75, 3.05) is 26.3 Å². The number of rotatable bonds is 9. The summed E-state index contributed by atoms with van der Waals surface area (Å²) < 4.78 is 11.6. The zero-order chi connectivity index (χ0) is 23.7. The summed E-state index contributed by atoms with van der Waals surface area (Å²) in [6.07, 6.45) is 1.39. The van der Waals surface area contributed by atoms with E-state index in [2.05, 4.69) is 40.4 Å². The van der Waals surface area contributed by atoms with Gasteiger partial charge < -0.3 is 19.7 Å². The minimum Gasteiger partial charge on any atom is -0.493 e. The lowest BCUT2D eigenvalue weighted by molar-refractivity contribution is -0.147. The molecule has 1 atom stereocenters. The molecule has 1 aromatic carbocycles. The van der Waals surface area contributed by atoms with Gasteiger partial charge in [-0.1, -0.05) is 36.7 Å². The third kappa shape index (κ3) is 7.74. The smallest absolute Gasteiger partial charge is 0.308 e. The number of hydrogen-bond donors (Lipinski definition) is 2. The number of esters is 1. The average molecular weight is 528 g/mol. The van der Waals surface area contributed by atoms with Gasteiger partial charge in [-0.05, 0) is 49.2 Å². The van der Waals surface area contributed by atoms with Gasteiger partial charge in [-0.2, -0.15) is 0 Å². The van der Waals surface area contributed by atoms with Gasteiger partial charge in [-0.15, -0.1) is 0 Å². The van der Waals surface area contributed by atoms with Crippen LogP contribution in [0.2, 0.25) is 0 Å². The molecule has 1 fully saturated rings. The first kappa shape index (κ1) is 26.1. The van der Waals surface area contributed by atoms with Gasteiger partial charge in [0.1, 0.15) is 11.8 Å². The van der Waals surface area contributed by atoms with Gasteiger partial charge >= 0.3 is 5.97 Å². The molecule has 8 nitrogen and oxygen atoms in total. The number of piperazine rings is 1. The van der Waals surface area contributed by atoms with Crippen LogP contribution in [0.1, 0.15) is 50.4 Å². The molecule has 0 aromatic heterocycles. The molecule has 1 aliphatic heterocycles. The lowest BCUT2D eigenvalue weighted by Gasteiger charge is -2.36. The molecule has 1 aromatic rings. The first-order valence-corrected chi connectivity index (χ1v) is 11.9. The van der Waals surface area contributed by atoms with Gasteiger partial charge in [0.2, 0.25) is 5.91 Å². The molecule has 0 spiro atoms. The summed E-state index contributed by atoms with van der Waals surface area (Å²) in [5.74, 6) is -0.344. The quantitative estimate of drug-likeness (QED) is 0.376. The Hall–Kier alpha value is -2.20. The van der Waals surface area contributed by atoms with Gasteiger partial charge in [-0.25, -0.2) is 0 Å². The molecule has 1 heterocycles. The van der Waals surface area contributed by atoms with Crippen molar-refractivity contribution in [2.24, 2.45) is 5.92 Å². The molecular formula is C22H30BrN3O5S. The van der Waals surface area contributed by atoms with Crippen LogP contribution in [0.25, 0.3) is 0 Å². The summed E-state index contributed by atoms with van der Waals surface area (Å²) in [7, 11) is 0. The maximum absolute atomic E-state index is 13.0. The number of thiocarbonyl (C=S) groups is 1. The molecule has 0 aliphatic carbocycles. The van der Waals surface area contributed by atoms with Crippen molar-refractivity contribution in [1.29, 1.82) is 0 Å². The van der Waals surface area contributed by atoms with E-state index in [0.717, 1.165) is 10.9 Å². The van der Waals surface area contributed by atoms with Gasteiger partial charge in [0, 0.05) is 17.6 Å². The number of ether oxygens (including phenoxy) is 2. The molecule has 1 aliphatic rings. The fraction of sp³-hybridized carbons (Fsp3) is 0.545. The van der Waals surface area contributed by atoms with E-state index in [0.29, 0.717) is 43.3 Å². The molecular weight excluding hydrogens is 498 g/mol. The number of hydrogen-bond acceptors (Lipinski definition) is 6. The van der Waals surface area contributed by atoms with E-state index in [9.17, 15) is 14.4 Å². The molecule has 10 heteroatoms. The largest absolute Gasteiger partial charge is 0.493 e. The van der Waals surface area contributed by atoms with E-state index in [1.165, 1.54) is 0 Å². The molecule has 0 saturated carbocycles. The van der Waals surface area contributed by atoms with E-state index in [1.54, 1.807) is 23.1 Å². The van der Waals surface area contributed by atoms with Gasteiger partial charge in [0.25, 0.3) is 5.91 Å². The van der Waals surface area contributed by atoms with E-state index in [-0.39, 0.29) is 24.0 Å². The summed E-state index contributed by atoms with van der Waals surface area (Å²) in [5, 5.41) is 5.49. The van der Waals surface area contributed by atoms with Crippen molar-refractivity contribution < 1.29 is 23.9 Å². The number of carbonyl (C=O) groups is 3. The van der Waals surface area contributed by atoms with Crippen molar-refractivity contribution >= 4 is 51.0 Å². The average Bonchev–Trinajstić information content (AvgIpc) is 2.74. The Morgan fingerprint density at radius 3 is 2.78 bits per heavy atom. The number of nitrogens with zero attached hydrogens (tertiary/aromatic N) is 1. The Morgan fingerprint density at radius 2 is 2.09 bits per heavy atom. The highest BCUT2D eigenvalue weighted by Crippen LogP contribution is 2.24. The summed E-state index contributed by atoms with van der Waals surface area (Å²) in [6, 6.07) is 4.34. The van der Waals surface area contributed by atoms with E-state index >= 15 is 0 Å². The summed E-state index contributed by atoms with van der Waals surface area (Å²) in [5.41, 5.74) is 0.325. The highest BCUT2D eigenvalue weighted by atomic mass is 79.9. The number of benzene rings is 1. The molecule has 32 heavy (non-hydrogen) atoms. The molecule has 2 N–H and O–H groups in total. The second-order valence-electron chi connectivity index (χ2n) is 7.86. The Labute approximate surface area is 202 Å². The predicted molar refractivity (Wildman–Crippen MR) is 129 cm³/mol. The van der Waals surface area contributed by atoms with Crippen LogP contribution in [0.4, 0.5) is 0 Å². The van der Waals surface area contributed by atoms with E-state index < -0.39 is 17.9 Å². The minimum atomic E-state index is -0.842. The second-order valence-corrected chi connectivity index (χ2v) is 9.16. The van der Waals surface area contributed by atoms with Crippen LogP contribution in [0.5, 0.6) is 5.75 Å². The molecule has 1 unspecified atom stereocenters. The van der Waals surface area contributed by atoms with Gasteiger partial charge in [-0.3, -0.25) is 19.7 Å². The third-order valence-electron chi connectivity index (χ3n) is 4.78. The Kier molecular flexibility index (Phi) is 10.4. The van der Waals surface area contributed by atoms with Crippen LogP contribution < -0.4 is 15.4 Å². The molecule has 176 valence electrons. The van der Waals surface area contributed by atoms with Crippen LogP contribution in [-0.4, -0.2) is 60.1 Å². The zero-order valence-electron chi connectivity index (χ0n) is 18.6. The Balaban J connectivity index is 2.11. The summed E-state index contributed by atoms with van der Waals surface area (Å²) >= 11 is 8.81. The van der Waals surface area contributed by atoms with Crippen molar-refractivity contribution in [3.63, 3.8) is 0 Å². The van der Waals surface area contributed by atoms with Crippen molar-refractivity contribution in [3.05, 3.63) is 28.2 Å². The molecule has 2 rings (SSSR count). The molecule has 0 bridgehead atoms. The summed E-state index contributed by atoms with van der Waals surface area (Å²) in [6.45, 7) is 7.58. The number of carbonyl (C=O) groups excluding carboxylic acids is 3. The topological polar surface area (TPSA) is 97.0 Å². The number of halogens is 1. The highest BCUT2D eigenvalue weighted by molar-refractivity contribution is 9.10. The molecule has 2 amide bonds. The van der Waals surface area contributed by atoms with E-state index in [1.807, 2.05) is 6.92 Å². The minimum absolute atomic E-state index is 0.0752. The van der Waals surface area contributed by atoms with Crippen LogP contribution in [-0.2, 0) is 14.3 Å². The van der Waals surface area contributed by atoms with Crippen molar-refractivity contribution in [2.45, 2.75) is 46.1 Å². The number of nitrogens with one attached hydrogen (secondary N) is 2. The Bertz CT molecular complexity index is 849. The molecule has 0 radical (unpaired) electrons. The first-order chi connectivity index (χ1) is 15.2. The fourth-order valence-corrected chi connectivity index (χ4v) is 3.71. The SMILES string of the molecule is CCCOC(=O)CC1C(=O)NCCN1C(=S)NC(=O)c1cc(Br)ccc1OCCC(C)C. The van der Waals surface area contributed by atoms with Crippen LogP contribution >= 0.6 is 28.1 Å². The van der Waals surface area contributed by atoms with Crippen molar-refractivity contribution in [1.82, 2.24) is 15.5 Å². The molecule has 1 saturated heterocycles. The fourth-order valence-electron chi connectivity index (χ4n) is 3.04. The number of amides is 2. The maximum Gasteiger partial charge on any atom is 0.308 e. The maximum atomic E-state index is 13.0. The highest BCUT2D eigenvalue weighted by Gasteiger charge is 2.34. The van der Waals surface area contributed by atoms with Gasteiger partial charge in [0.15, 0.2) is 5.11 Å².